The summed E-state index contributed by atoms with van der Waals surface area (Å²) in [4.78, 5) is 20.2. The van der Waals surface area contributed by atoms with Crippen molar-refractivity contribution in [3.05, 3.63) is 46.8 Å². The molecular weight excluding hydrogens is 412 g/mol. The summed E-state index contributed by atoms with van der Waals surface area (Å²) in [5.74, 6) is 1.94. The van der Waals surface area contributed by atoms with Crippen LogP contribution < -0.4 is 10.2 Å². The Balaban J connectivity index is 0.000000481. The van der Waals surface area contributed by atoms with E-state index in [-0.39, 0.29) is 0 Å². The van der Waals surface area contributed by atoms with Crippen molar-refractivity contribution in [3.8, 4) is 0 Å². The zero-order valence-electron chi connectivity index (χ0n) is 15.0. The Morgan fingerprint density at radius 3 is 2.78 bits per heavy atom. The van der Waals surface area contributed by atoms with Gasteiger partial charge in [0.25, 0.3) is 6.47 Å². The normalized spacial score (nSPS) is 13.2. The van der Waals surface area contributed by atoms with Crippen LogP contribution in [0, 0.1) is 0 Å². The van der Waals surface area contributed by atoms with Crippen molar-refractivity contribution in [2.45, 2.75) is 19.4 Å². The predicted octanol–water partition coefficient (Wildman–Crippen LogP) is 2.89. The minimum absolute atomic E-state index is 0.375. The maximum Gasteiger partial charge on any atom is 0.292 e. The molecule has 0 spiro atoms. The summed E-state index contributed by atoms with van der Waals surface area (Å²) >= 11 is 3.54. The number of fused-ring (bicyclic) bond motifs is 1. The largest absolute Gasteiger partial charge is 0.471 e. The fourth-order valence-corrected chi connectivity index (χ4v) is 3.20. The van der Waals surface area contributed by atoms with E-state index in [0.717, 1.165) is 40.4 Å². The van der Waals surface area contributed by atoms with Crippen LogP contribution in [0.1, 0.15) is 18.4 Å². The van der Waals surface area contributed by atoms with Gasteiger partial charge >= 0.3 is 0 Å². The van der Waals surface area contributed by atoms with Gasteiger partial charge in [-0.2, -0.15) is 9.61 Å². The number of aromatic nitrogens is 4. The van der Waals surface area contributed by atoms with Gasteiger partial charge in [0.1, 0.15) is 11.6 Å². The lowest BCUT2D eigenvalue weighted by atomic mass is 10.3. The van der Waals surface area contributed by atoms with E-state index in [1.165, 1.54) is 20.0 Å². The van der Waals surface area contributed by atoms with Gasteiger partial charge in [-0.3, -0.25) is 9.78 Å². The molecule has 0 bridgehead atoms. The first-order valence-electron chi connectivity index (χ1n) is 8.61. The minimum atomic E-state index is 0.375. The van der Waals surface area contributed by atoms with Gasteiger partial charge in [0.05, 0.1) is 17.8 Å². The van der Waals surface area contributed by atoms with Gasteiger partial charge in [0.2, 0.25) is 0 Å². The summed E-state index contributed by atoms with van der Waals surface area (Å²) in [5, 5.41) is 7.86. The molecule has 8 nitrogen and oxygen atoms in total. The lowest BCUT2D eigenvalue weighted by molar-refractivity contribution is -0.126. The van der Waals surface area contributed by atoms with Crippen LogP contribution in [0.5, 0.6) is 0 Å². The van der Waals surface area contributed by atoms with Crippen LogP contribution in [0.25, 0.3) is 5.65 Å². The monoisotopic (exact) mass is 432 g/mol. The second kappa shape index (κ2) is 9.31. The number of rotatable bonds is 5. The van der Waals surface area contributed by atoms with E-state index in [9.17, 15) is 0 Å². The van der Waals surface area contributed by atoms with Crippen molar-refractivity contribution in [2.75, 3.05) is 30.4 Å². The molecule has 0 saturated carbocycles. The van der Waals surface area contributed by atoms with E-state index >= 15 is 0 Å². The van der Waals surface area contributed by atoms with Crippen LogP contribution in [0.2, 0.25) is 0 Å². The summed E-state index contributed by atoms with van der Waals surface area (Å²) in [5.41, 5.74) is 1.97. The number of hydrogen-bond donors (Lipinski definition) is 1. The van der Waals surface area contributed by atoms with Gasteiger partial charge in [0.15, 0.2) is 5.65 Å². The molecule has 1 N–H and O–H groups in total. The van der Waals surface area contributed by atoms with Gasteiger partial charge in [0, 0.05) is 38.1 Å². The lowest BCUT2D eigenvalue weighted by Gasteiger charge is -2.18. The molecule has 0 unspecified atom stereocenters. The van der Waals surface area contributed by atoms with Crippen LogP contribution in [-0.2, 0) is 16.1 Å². The van der Waals surface area contributed by atoms with Crippen molar-refractivity contribution >= 4 is 39.7 Å². The number of hydrogen-bond acceptors (Lipinski definition) is 7. The number of anilines is 2. The maximum absolute atomic E-state index is 8.95. The predicted molar refractivity (Wildman–Crippen MR) is 107 cm³/mol. The summed E-state index contributed by atoms with van der Waals surface area (Å²) in [6.45, 7) is 3.21. The van der Waals surface area contributed by atoms with Gasteiger partial charge in [-0.15, -0.1) is 0 Å². The summed E-state index contributed by atoms with van der Waals surface area (Å²) in [6, 6.07) is 6.08. The number of nitrogens with zero attached hydrogens (tertiary/aromatic N) is 5. The molecule has 4 rings (SSSR count). The molecule has 1 aliphatic rings. The van der Waals surface area contributed by atoms with Crippen molar-refractivity contribution < 1.29 is 9.53 Å². The fraction of sp³-hybridized carbons (Fsp3) is 0.333. The van der Waals surface area contributed by atoms with Gasteiger partial charge < -0.3 is 15.0 Å². The highest BCUT2D eigenvalue weighted by Gasteiger charge is 2.17. The molecule has 27 heavy (non-hydrogen) atoms. The third-order valence-corrected chi connectivity index (χ3v) is 4.70. The van der Waals surface area contributed by atoms with Crippen LogP contribution >= 0.6 is 15.9 Å². The minimum Gasteiger partial charge on any atom is -0.471 e. The zero-order chi connectivity index (χ0) is 19.1. The molecule has 9 heteroatoms. The molecule has 1 fully saturated rings. The van der Waals surface area contributed by atoms with Crippen molar-refractivity contribution in [1.82, 2.24) is 19.6 Å². The lowest BCUT2D eigenvalue weighted by Crippen LogP contribution is -2.20. The van der Waals surface area contributed by atoms with Crippen molar-refractivity contribution in [1.29, 1.82) is 0 Å². The first kappa shape index (κ1) is 19.1. The number of ether oxygens (including phenoxy) is 1. The van der Waals surface area contributed by atoms with Gasteiger partial charge in [-0.05, 0) is 40.4 Å². The van der Waals surface area contributed by atoms with Crippen molar-refractivity contribution in [2.24, 2.45) is 0 Å². The van der Waals surface area contributed by atoms with Crippen LogP contribution in [0.3, 0.4) is 0 Å². The molecule has 0 radical (unpaired) electrons. The molecule has 4 heterocycles. The second-order valence-electron chi connectivity index (χ2n) is 5.97. The zero-order valence-corrected chi connectivity index (χ0v) is 16.6. The molecule has 0 amide bonds. The molecule has 142 valence electrons. The molecule has 3 aromatic heterocycles. The van der Waals surface area contributed by atoms with E-state index in [4.69, 9.17) is 9.78 Å². The molecule has 0 aliphatic carbocycles. The van der Waals surface area contributed by atoms with E-state index in [1.54, 1.807) is 12.4 Å². The van der Waals surface area contributed by atoms with Gasteiger partial charge in [-0.1, -0.05) is 6.07 Å². The average Bonchev–Trinajstić information content (AvgIpc) is 3.38. The Morgan fingerprint density at radius 1 is 1.33 bits per heavy atom. The maximum atomic E-state index is 8.95. The first-order chi connectivity index (χ1) is 13.2. The van der Waals surface area contributed by atoms with Crippen LogP contribution in [-0.4, -0.2) is 46.3 Å². The van der Waals surface area contributed by atoms with E-state index in [1.807, 2.05) is 16.8 Å². The quantitative estimate of drug-likeness (QED) is 0.620. The average molecular weight is 433 g/mol. The number of pyridine rings is 1. The second-order valence-corrected chi connectivity index (χ2v) is 6.82. The van der Waals surface area contributed by atoms with Gasteiger partial charge in [-0.25, -0.2) is 4.98 Å². The van der Waals surface area contributed by atoms with Crippen LogP contribution in [0.4, 0.5) is 11.6 Å². The summed E-state index contributed by atoms with van der Waals surface area (Å²) in [6.07, 6.45) is 7.89. The number of nitrogens with one attached hydrogen (secondary N) is 1. The highest BCUT2D eigenvalue weighted by atomic mass is 79.9. The Labute approximate surface area is 165 Å². The summed E-state index contributed by atoms with van der Waals surface area (Å²) < 4.78 is 6.60. The summed E-state index contributed by atoms with van der Waals surface area (Å²) in [7, 11) is 1.31. The third-order valence-electron chi connectivity index (χ3n) is 4.14. The topological polar surface area (TPSA) is 84.7 Å². The Bertz CT molecular complexity index is 880. The number of carbonyl (C=O) groups is 1. The molecule has 1 saturated heterocycles. The number of methoxy groups -OCH3 is 1. The highest BCUT2D eigenvalue weighted by molar-refractivity contribution is 9.10. The molecule has 1 aliphatic heterocycles. The fourth-order valence-electron chi connectivity index (χ4n) is 2.85. The molecule has 3 aromatic rings. The Morgan fingerprint density at radius 2 is 2.11 bits per heavy atom. The van der Waals surface area contributed by atoms with E-state index in [0.29, 0.717) is 13.0 Å². The SMILES string of the molecule is Brc1cnn2c(NCc3cccnc3)cc(N3CCCC3)nc12.COC=O. The Kier molecular flexibility index (Phi) is 6.59. The molecular formula is C18H21BrN6O2. The number of carbonyl (C=O) groups excluding carboxylic acids is 1. The third kappa shape index (κ3) is 4.73. The molecule has 0 atom stereocenters. The Hall–Kier alpha value is -2.68. The smallest absolute Gasteiger partial charge is 0.292 e. The highest BCUT2D eigenvalue weighted by Crippen LogP contribution is 2.26. The van der Waals surface area contributed by atoms with E-state index in [2.05, 4.69) is 53.1 Å². The standard InChI is InChI=1S/C16H17BrN6.C2H4O2/c17-13-11-20-23-14(19-10-12-4-3-5-18-9-12)8-15(21-16(13)23)22-6-1-2-7-22;1-4-2-3/h3-5,8-9,11,19H,1-2,6-7,10H2;2H,1H3. The van der Waals surface area contributed by atoms with Crippen molar-refractivity contribution in [3.63, 3.8) is 0 Å². The number of halogens is 1. The van der Waals surface area contributed by atoms with E-state index < -0.39 is 0 Å². The molecule has 0 aromatic carbocycles. The first-order valence-corrected chi connectivity index (χ1v) is 9.40. The van der Waals surface area contributed by atoms with Crippen LogP contribution in [0.15, 0.2) is 41.3 Å².